The predicted molar refractivity (Wildman–Crippen MR) is 75.4 cm³/mol. The number of hydrogen-bond acceptors (Lipinski definition) is 2. The van der Waals surface area contributed by atoms with Crippen LogP contribution in [0.25, 0.3) is 0 Å². The Bertz CT molecular complexity index is 532. The minimum Gasteiger partial charge on any atom is -0.465 e. The SMILES string of the molecule is CCN1C[C@@H]2CN(C(=O)O)CCc3ccc(Cl)c1c32. The Labute approximate surface area is 117 Å². The molecular weight excluding hydrogens is 264 g/mol. The predicted octanol–water partition coefficient (Wildman–Crippen LogP) is 2.80. The van der Waals surface area contributed by atoms with Gasteiger partial charge in [-0.2, -0.15) is 0 Å². The van der Waals surface area contributed by atoms with Gasteiger partial charge in [0, 0.05) is 32.1 Å². The average molecular weight is 281 g/mol. The van der Waals surface area contributed by atoms with Gasteiger partial charge in [-0.1, -0.05) is 17.7 Å². The summed E-state index contributed by atoms with van der Waals surface area (Å²) in [6.45, 7) is 5.03. The Hall–Kier alpha value is -1.42. The number of carboxylic acid groups (broad SMARTS) is 1. The van der Waals surface area contributed by atoms with Gasteiger partial charge in [0.15, 0.2) is 0 Å². The van der Waals surface area contributed by atoms with E-state index in [1.807, 2.05) is 6.07 Å². The normalized spacial score (nSPS) is 21.3. The van der Waals surface area contributed by atoms with E-state index in [-0.39, 0.29) is 5.92 Å². The van der Waals surface area contributed by atoms with Crippen molar-refractivity contribution in [2.75, 3.05) is 31.1 Å². The van der Waals surface area contributed by atoms with E-state index in [2.05, 4.69) is 17.9 Å². The highest BCUT2D eigenvalue weighted by atomic mass is 35.5. The Morgan fingerprint density at radius 3 is 2.95 bits per heavy atom. The summed E-state index contributed by atoms with van der Waals surface area (Å²) in [6, 6.07) is 4.00. The zero-order chi connectivity index (χ0) is 13.6. The number of amides is 1. The van der Waals surface area contributed by atoms with Crippen molar-refractivity contribution in [3.05, 3.63) is 28.3 Å². The van der Waals surface area contributed by atoms with E-state index >= 15 is 0 Å². The van der Waals surface area contributed by atoms with Crippen molar-refractivity contribution in [1.82, 2.24) is 4.90 Å². The number of likely N-dealkylation sites (N-methyl/N-ethyl adjacent to an activating group) is 1. The number of anilines is 1. The van der Waals surface area contributed by atoms with Crippen molar-refractivity contribution in [1.29, 1.82) is 0 Å². The smallest absolute Gasteiger partial charge is 0.407 e. The van der Waals surface area contributed by atoms with Crippen molar-refractivity contribution in [2.45, 2.75) is 19.3 Å². The van der Waals surface area contributed by atoms with Gasteiger partial charge in [0.1, 0.15) is 0 Å². The Balaban J connectivity index is 2.07. The summed E-state index contributed by atoms with van der Waals surface area (Å²) in [7, 11) is 0. The van der Waals surface area contributed by atoms with Gasteiger partial charge in [-0.15, -0.1) is 0 Å². The molecule has 0 saturated carbocycles. The number of benzene rings is 1. The van der Waals surface area contributed by atoms with Crippen molar-refractivity contribution in [3.63, 3.8) is 0 Å². The molecule has 1 amide bonds. The van der Waals surface area contributed by atoms with Gasteiger partial charge in [-0.25, -0.2) is 4.79 Å². The van der Waals surface area contributed by atoms with Crippen LogP contribution in [0, 0.1) is 0 Å². The van der Waals surface area contributed by atoms with Gasteiger partial charge < -0.3 is 14.9 Å². The second kappa shape index (κ2) is 4.60. The maximum atomic E-state index is 11.2. The van der Waals surface area contributed by atoms with Crippen LogP contribution in [0.5, 0.6) is 0 Å². The number of halogens is 1. The Morgan fingerprint density at radius 2 is 2.26 bits per heavy atom. The van der Waals surface area contributed by atoms with E-state index in [1.165, 1.54) is 16.0 Å². The highest BCUT2D eigenvalue weighted by Gasteiger charge is 2.35. The molecule has 102 valence electrons. The Kier molecular flexibility index (Phi) is 3.05. The molecule has 0 aliphatic carbocycles. The summed E-state index contributed by atoms with van der Waals surface area (Å²) in [4.78, 5) is 15.0. The third-order valence-electron chi connectivity index (χ3n) is 4.17. The summed E-state index contributed by atoms with van der Waals surface area (Å²) >= 11 is 6.34. The number of hydrogen-bond donors (Lipinski definition) is 1. The van der Waals surface area contributed by atoms with Gasteiger partial charge in [0.05, 0.1) is 10.7 Å². The molecule has 1 atom stereocenters. The van der Waals surface area contributed by atoms with E-state index < -0.39 is 6.09 Å². The molecule has 3 rings (SSSR count). The van der Waals surface area contributed by atoms with Gasteiger partial charge in [0.2, 0.25) is 0 Å². The summed E-state index contributed by atoms with van der Waals surface area (Å²) in [5.74, 6) is 0.252. The van der Waals surface area contributed by atoms with Gasteiger partial charge in [0.25, 0.3) is 0 Å². The zero-order valence-electron chi connectivity index (χ0n) is 10.9. The van der Waals surface area contributed by atoms with Gasteiger partial charge in [-0.3, -0.25) is 0 Å². The largest absolute Gasteiger partial charge is 0.465 e. The lowest BCUT2D eigenvalue weighted by molar-refractivity contribution is 0.144. The third kappa shape index (κ3) is 1.94. The molecule has 0 unspecified atom stereocenters. The average Bonchev–Trinajstić information content (AvgIpc) is 2.65. The van der Waals surface area contributed by atoms with Crippen LogP contribution in [0.1, 0.15) is 24.0 Å². The maximum absolute atomic E-state index is 11.2. The van der Waals surface area contributed by atoms with E-state index in [4.69, 9.17) is 11.6 Å². The molecule has 5 heteroatoms. The number of rotatable bonds is 1. The van der Waals surface area contributed by atoms with Crippen LogP contribution < -0.4 is 4.90 Å². The second-order valence-corrected chi connectivity index (χ2v) is 5.59. The van der Waals surface area contributed by atoms with Crippen LogP contribution in [0.4, 0.5) is 10.5 Å². The molecule has 0 spiro atoms. The minimum atomic E-state index is -0.824. The van der Waals surface area contributed by atoms with Crippen LogP contribution >= 0.6 is 11.6 Å². The molecular formula is C14H17ClN2O2. The lowest BCUT2D eigenvalue weighted by Crippen LogP contribution is -2.35. The molecule has 2 aliphatic rings. The first kappa shape index (κ1) is 12.6. The molecule has 0 saturated heterocycles. The summed E-state index contributed by atoms with van der Waals surface area (Å²) in [6.07, 6.45) is -0.0461. The molecule has 0 fully saturated rings. The molecule has 1 N–H and O–H groups in total. The first-order chi connectivity index (χ1) is 9.11. The molecule has 0 bridgehead atoms. The fourth-order valence-corrected chi connectivity index (χ4v) is 3.57. The molecule has 0 radical (unpaired) electrons. The summed E-state index contributed by atoms with van der Waals surface area (Å²) in [5.41, 5.74) is 3.65. The molecule has 19 heavy (non-hydrogen) atoms. The van der Waals surface area contributed by atoms with E-state index in [1.54, 1.807) is 0 Å². The lowest BCUT2D eigenvalue weighted by Gasteiger charge is -2.22. The van der Waals surface area contributed by atoms with Crippen molar-refractivity contribution in [3.8, 4) is 0 Å². The fourth-order valence-electron chi connectivity index (χ4n) is 3.29. The molecule has 1 aromatic rings. The monoisotopic (exact) mass is 280 g/mol. The van der Waals surface area contributed by atoms with Crippen LogP contribution in [0.15, 0.2) is 12.1 Å². The molecule has 0 aromatic heterocycles. The highest BCUT2D eigenvalue weighted by Crippen LogP contribution is 2.44. The van der Waals surface area contributed by atoms with Crippen LogP contribution in [0.2, 0.25) is 5.02 Å². The van der Waals surface area contributed by atoms with Crippen molar-refractivity contribution >= 4 is 23.4 Å². The number of carbonyl (C=O) groups is 1. The first-order valence-electron chi connectivity index (χ1n) is 6.66. The van der Waals surface area contributed by atoms with Crippen molar-refractivity contribution < 1.29 is 9.90 Å². The van der Waals surface area contributed by atoms with Crippen LogP contribution in [0.3, 0.4) is 0 Å². The van der Waals surface area contributed by atoms with E-state index in [0.29, 0.717) is 13.1 Å². The molecule has 2 heterocycles. The first-order valence-corrected chi connectivity index (χ1v) is 7.03. The van der Waals surface area contributed by atoms with Crippen molar-refractivity contribution in [2.24, 2.45) is 0 Å². The minimum absolute atomic E-state index is 0.252. The quantitative estimate of drug-likeness (QED) is 0.860. The fraction of sp³-hybridized carbons (Fsp3) is 0.500. The summed E-state index contributed by atoms with van der Waals surface area (Å²) < 4.78 is 0. The lowest BCUT2D eigenvalue weighted by atomic mass is 9.95. The van der Waals surface area contributed by atoms with Crippen LogP contribution in [-0.2, 0) is 6.42 Å². The summed E-state index contributed by atoms with van der Waals surface area (Å²) in [5, 5.41) is 10.0. The molecule has 2 aliphatic heterocycles. The van der Waals surface area contributed by atoms with Crippen LogP contribution in [-0.4, -0.2) is 42.3 Å². The highest BCUT2D eigenvalue weighted by molar-refractivity contribution is 6.33. The topological polar surface area (TPSA) is 43.8 Å². The van der Waals surface area contributed by atoms with Gasteiger partial charge in [-0.05, 0) is 30.5 Å². The molecule has 1 aromatic carbocycles. The molecule has 4 nitrogen and oxygen atoms in total. The third-order valence-corrected chi connectivity index (χ3v) is 4.47. The van der Waals surface area contributed by atoms with E-state index in [9.17, 15) is 9.90 Å². The maximum Gasteiger partial charge on any atom is 0.407 e. The van der Waals surface area contributed by atoms with E-state index in [0.717, 1.165) is 30.2 Å². The number of nitrogens with zero attached hydrogens (tertiary/aromatic N) is 2. The zero-order valence-corrected chi connectivity index (χ0v) is 11.7. The second-order valence-electron chi connectivity index (χ2n) is 5.18. The standard InChI is InChI=1S/C14H17ClN2O2/c1-2-16-7-10-8-17(14(18)19)6-5-9-3-4-11(15)13(16)12(9)10/h3-4,10H,2,5-8H2,1H3,(H,18,19)/t10-/m1/s1. The Morgan fingerprint density at radius 1 is 1.47 bits per heavy atom. The van der Waals surface area contributed by atoms with Gasteiger partial charge >= 0.3 is 6.09 Å².